The molecule has 0 amide bonds. The summed E-state index contributed by atoms with van der Waals surface area (Å²) in [6, 6.07) is 0. The highest BCUT2D eigenvalue weighted by molar-refractivity contribution is 7.99. The Morgan fingerprint density at radius 2 is 2.40 bits per heavy atom. The van der Waals surface area contributed by atoms with E-state index >= 15 is 0 Å². The first-order valence-electron chi connectivity index (χ1n) is 5.12. The van der Waals surface area contributed by atoms with Crippen LogP contribution >= 0.6 is 11.8 Å². The van der Waals surface area contributed by atoms with Crippen molar-refractivity contribution in [1.82, 2.24) is 9.97 Å². The van der Waals surface area contributed by atoms with Gasteiger partial charge in [-0.2, -0.15) is 0 Å². The zero-order chi connectivity index (χ0) is 11.1. The molecule has 1 aromatic heterocycles. The minimum atomic E-state index is -0.340. The van der Waals surface area contributed by atoms with Gasteiger partial charge in [0, 0.05) is 5.75 Å². The standard InChI is InChI=1S/C10H16N2O2S/c1-3-5-6-15-10-11-7-8(12-10)9(13)14-4-2/h7H,3-6H2,1-2H3,(H,11,12). The van der Waals surface area contributed by atoms with E-state index in [0.29, 0.717) is 12.3 Å². The number of carbonyl (C=O) groups excluding carboxylic acids is 1. The van der Waals surface area contributed by atoms with Crippen molar-refractivity contribution in [3.63, 3.8) is 0 Å². The molecule has 1 rings (SSSR count). The topological polar surface area (TPSA) is 55.0 Å². The molecule has 4 nitrogen and oxygen atoms in total. The van der Waals surface area contributed by atoms with Crippen molar-refractivity contribution in [2.75, 3.05) is 12.4 Å². The van der Waals surface area contributed by atoms with Crippen LogP contribution in [0.2, 0.25) is 0 Å². The van der Waals surface area contributed by atoms with Gasteiger partial charge in [-0.1, -0.05) is 25.1 Å². The third-order valence-electron chi connectivity index (χ3n) is 1.78. The van der Waals surface area contributed by atoms with Gasteiger partial charge in [-0.05, 0) is 13.3 Å². The summed E-state index contributed by atoms with van der Waals surface area (Å²) in [6.07, 6.45) is 3.84. The van der Waals surface area contributed by atoms with Gasteiger partial charge in [0.2, 0.25) is 0 Å². The molecule has 1 aromatic rings. The number of aromatic nitrogens is 2. The van der Waals surface area contributed by atoms with E-state index in [0.717, 1.165) is 17.3 Å². The molecule has 0 radical (unpaired) electrons. The van der Waals surface area contributed by atoms with E-state index in [9.17, 15) is 4.79 Å². The minimum absolute atomic E-state index is 0.340. The molecule has 0 aliphatic carbocycles. The summed E-state index contributed by atoms with van der Waals surface area (Å²) in [6.45, 7) is 4.31. The number of imidazole rings is 1. The van der Waals surface area contributed by atoms with E-state index in [4.69, 9.17) is 4.74 Å². The number of carbonyl (C=O) groups is 1. The maximum absolute atomic E-state index is 11.3. The molecule has 0 saturated carbocycles. The van der Waals surface area contributed by atoms with Crippen LogP contribution in [0.5, 0.6) is 0 Å². The third kappa shape index (κ3) is 3.95. The fourth-order valence-corrected chi connectivity index (χ4v) is 1.94. The summed E-state index contributed by atoms with van der Waals surface area (Å²) < 4.78 is 4.85. The summed E-state index contributed by atoms with van der Waals surface area (Å²) in [5, 5.41) is 0.784. The van der Waals surface area contributed by atoms with Gasteiger partial charge in [0.05, 0.1) is 12.8 Å². The number of thioether (sulfide) groups is 1. The maximum atomic E-state index is 11.3. The van der Waals surface area contributed by atoms with Crippen molar-refractivity contribution >= 4 is 17.7 Å². The molecule has 0 unspecified atom stereocenters. The highest BCUT2D eigenvalue weighted by Gasteiger charge is 2.09. The molecule has 0 bridgehead atoms. The molecule has 0 saturated heterocycles. The van der Waals surface area contributed by atoms with Gasteiger partial charge in [0.15, 0.2) is 5.16 Å². The van der Waals surface area contributed by atoms with Gasteiger partial charge < -0.3 is 9.72 Å². The summed E-state index contributed by atoms with van der Waals surface area (Å²) in [7, 11) is 0. The lowest BCUT2D eigenvalue weighted by atomic mass is 10.4. The molecule has 0 aromatic carbocycles. The Balaban J connectivity index is 2.45. The van der Waals surface area contributed by atoms with Crippen molar-refractivity contribution < 1.29 is 9.53 Å². The minimum Gasteiger partial charge on any atom is -0.461 e. The van der Waals surface area contributed by atoms with Crippen LogP contribution in [0.4, 0.5) is 0 Å². The van der Waals surface area contributed by atoms with E-state index in [1.807, 2.05) is 0 Å². The summed E-state index contributed by atoms with van der Waals surface area (Å²) in [5.41, 5.74) is 0.427. The van der Waals surface area contributed by atoms with Gasteiger partial charge >= 0.3 is 5.97 Å². The van der Waals surface area contributed by atoms with Crippen molar-refractivity contribution in [2.24, 2.45) is 0 Å². The molecular formula is C10H16N2O2S. The quantitative estimate of drug-likeness (QED) is 0.461. The van der Waals surface area contributed by atoms with Crippen LogP contribution in [0, 0.1) is 0 Å². The van der Waals surface area contributed by atoms with Crippen molar-refractivity contribution in [3.8, 4) is 0 Å². The Kier molecular flexibility index (Phi) is 5.25. The van der Waals surface area contributed by atoms with Gasteiger partial charge in [-0.25, -0.2) is 9.78 Å². The second kappa shape index (κ2) is 6.50. The number of ether oxygens (including phenoxy) is 1. The second-order valence-electron chi connectivity index (χ2n) is 3.02. The molecule has 0 aliphatic heterocycles. The van der Waals surface area contributed by atoms with Crippen LogP contribution in [-0.4, -0.2) is 28.3 Å². The van der Waals surface area contributed by atoms with Crippen LogP contribution in [0.3, 0.4) is 0 Å². The van der Waals surface area contributed by atoms with Crippen LogP contribution < -0.4 is 0 Å². The number of nitrogens with one attached hydrogen (secondary N) is 1. The number of aromatic amines is 1. The normalized spacial score (nSPS) is 10.3. The first-order valence-corrected chi connectivity index (χ1v) is 6.11. The van der Waals surface area contributed by atoms with Crippen LogP contribution in [-0.2, 0) is 4.74 Å². The van der Waals surface area contributed by atoms with E-state index < -0.39 is 0 Å². The van der Waals surface area contributed by atoms with Crippen LogP contribution in [0.15, 0.2) is 11.4 Å². The molecule has 15 heavy (non-hydrogen) atoms. The SMILES string of the molecule is CCCCSc1ncc(C(=O)OCC)[nH]1. The van der Waals surface area contributed by atoms with Crippen LogP contribution in [0.1, 0.15) is 37.2 Å². The molecule has 1 heterocycles. The van der Waals surface area contributed by atoms with Gasteiger partial charge in [0.1, 0.15) is 5.69 Å². The molecule has 1 N–H and O–H groups in total. The van der Waals surface area contributed by atoms with Crippen LogP contribution in [0.25, 0.3) is 0 Å². The molecule has 0 aliphatic rings. The molecule has 0 fully saturated rings. The van der Waals surface area contributed by atoms with E-state index in [1.165, 1.54) is 12.6 Å². The third-order valence-corrected chi connectivity index (χ3v) is 2.76. The van der Waals surface area contributed by atoms with Crippen molar-refractivity contribution in [3.05, 3.63) is 11.9 Å². The summed E-state index contributed by atoms with van der Waals surface area (Å²) in [5.74, 6) is 0.680. The Bertz CT molecular complexity index is 312. The van der Waals surface area contributed by atoms with Gasteiger partial charge in [-0.3, -0.25) is 0 Å². The zero-order valence-electron chi connectivity index (χ0n) is 9.08. The Labute approximate surface area is 93.8 Å². The summed E-state index contributed by atoms with van der Waals surface area (Å²) >= 11 is 1.63. The lowest BCUT2D eigenvalue weighted by Gasteiger charge is -1.97. The Hall–Kier alpha value is -0.970. The molecular weight excluding hydrogens is 212 g/mol. The smallest absolute Gasteiger partial charge is 0.356 e. The molecule has 84 valence electrons. The van der Waals surface area contributed by atoms with Gasteiger partial charge in [-0.15, -0.1) is 0 Å². The maximum Gasteiger partial charge on any atom is 0.356 e. The highest BCUT2D eigenvalue weighted by atomic mass is 32.2. The predicted molar refractivity (Wildman–Crippen MR) is 60.2 cm³/mol. The first kappa shape index (κ1) is 12.1. The Morgan fingerprint density at radius 1 is 1.60 bits per heavy atom. The molecule has 0 atom stereocenters. The number of unbranched alkanes of at least 4 members (excludes halogenated alkanes) is 1. The fraction of sp³-hybridized carbons (Fsp3) is 0.600. The number of H-pyrrole nitrogens is 1. The number of hydrogen-bond donors (Lipinski definition) is 1. The number of nitrogens with zero attached hydrogens (tertiary/aromatic N) is 1. The number of rotatable bonds is 6. The van der Waals surface area contributed by atoms with E-state index in [-0.39, 0.29) is 5.97 Å². The number of hydrogen-bond acceptors (Lipinski definition) is 4. The van der Waals surface area contributed by atoms with E-state index in [2.05, 4.69) is 16.9 Å². The average Bonchev–Trinajstić information content (AvgIpc) is 2.67. The fourth-order valence-electron chi connectivity index (χ4n) is 1.00. The number of esters is 1. The van der Waals surface area contributed by atoms with Crippen molar-refractivity contribution in [1.29, 1.82) is 0 Å². The molecule has 0 spiro atoms. The monoisotopic (exact) mass is 228 g/mol. The predicted octanol–water partition coefficient (Wildman–Crippen LogP) is 2.48. The Morgan fingerprint density at radius 3 is 3.07 bits per heavy atom. The summed E-state index contributed by atoms with van der Waals surface area (Å²) in [4.78, 5) is 18.3. The lowest BCUT2D eigenvalue weighted by molar-refractivity contribution is 0.0519. The zero-order valence-corrected chi connectivity index (χ0v) is 9.89. The largest absolute Gasteiger partial charge is 0.461 e. The molecule has 5 heteroatoms. The second-order valence-corrected chi connectivity index (χ2v) is 4.11. The lowest BCUT2D eigenvalue weighted by Crippen LogP contribution is -2.04. The van der Waals surface area contributed by atoms with E-state index in [1.54, 1.807) is 18.7 Å². The highest BCUT2D eigenvalue weighted by Crippen LogP contribution is 2.15. The van der Waals surface area contributed by atoms with Crippen molar-refractivity contribution in [2.45, 2.75) is 31.8 Å². The average molecular weight is 228 g/mol. The first-order chi connectivity index (χ1) is 7.27. The van der Waals surface area contributed by atoms with Gasteiger partial charge in [0.25, 0.3) is 0 Å².